The molecular weight excluding hydrogens is 325 g/mol. The maximum atomic E-state index is 5.96. The van der Waals surface area contributed by atoms with E-state index in [9.17, 15) is 0 Å². The number of benzene rings is 1. The first kappa shape index (κ1) is 14.8. The normalized spacial score (nSPS) is 20.2. The topological polar surface area (TPSA) is 31.4 Å². The molecule has 1 atom stereocenters. The Kier molecular flexibility index (Phi) is 4.20. The molecule has 1 aromatic heterocycles. The molecule has 0 fully saturated rings. The third kappa shape index (κ3) is 2.56. The lowest BCUT2D eigenvalue weighted by Gasteiger charge is -2.16. The molecule has 1 N–H and O–H groups in total. The van der Waals surface area contributed by atoms with Crippen LogP contribution in [0.4, 0.5) is 0 Å². The van der Waals surface area contributed by atoms with Gasteiger partial charge in [0.1, 0.15) is 0 Å². The number of thioether (sulfide) groups is 1. The Bertz CT molecular complexity index is 723. The SMILES string of the molecule is Cl.ClCC1=CSC2=N[C@@H](Cc3c[nH]c4ccccc34)CN12. The fourth-order valence-corrected chi connectivity index (χ4v) is 4.14. The van der Waals surface area contributed by atoms with Gasteiger partial charge >= 0.3 is 0 Å². The van der Waals surface area contributed by atoms with Gasteiger partial charge in [0.25, 0.3) is 0 Å². The molecule has 2 aromatic rings. The Morgan fingerprint density at radius 2 is 2.24 bits per heavy atom. The molecule has 6 heteroatoms. The number of amidine groups is 1. The Labute approximate surface area is 138 Å². The van der Waals surface area contributed by atoms with Crippen molar-refractivity contribution < 1.29 is 0 Å². The molecular formula is C15H15Cl2N3S. The number of fused-ring (bicyclic) bond motifs is 2. The number of H-pyrrole nitrogens is 1. The second-order valence-corrected chi connectivity index (χ2v) is 6.20. The van der Waals surface area contributed by atoms with Gasteiger partial charge in [0.15, 0.2) is 5.17 Å². The van der Waals surface area contributed by atoms with Gasteiger partial charge in [-0.1, -0.05) is 30.0 Å². The van der Waals surface area contributed by atoms with Crippen LogP contribution in [0.25, 0.3) is 10.9 Å². The summed E-state index contributed by atoms with van der Waals surface area (Å²) in [7, 11) is 0. The minimum Gasteiger partial charge on any atom is -0.361 e. The minimum absolute atomic E-state index is 0. The standard InChI is InChI=1S/C15H14ClN3S.ClH/c16-6-12-9-20-15-18-11(8-19(12)15)5-10-7-17-14-4-2-1-3-13(10)14;/h1-4,7,9,11,17H,5-6,8H2;1H/t11-;/m0./s1. The zero-order valence-corrected chi connectivity index (χ0v) is 13.6. The number of nitrogens with one attached hydrogen (secondary N) is 1. The van der Waals surface area contributed by atoms with E-state index in [-0.39, 0.29) is 12.4 Å². The van der Waals surface area contributed by atoms with Crippen molar-refractivity contribution in [3.63, 3.8) is 0 Å². The lowest BCUT2D eigenvalue weighted by Crippen LogP contribution is -2.25. The van der Waals surface area contributed by atoms with E-state index >= 15 is 0 Å². The molecule has 0 unspecified atom stereocenters. The Hall–Kier alpha value is -1.10. The molecule has 110 valence electrons. The van der Waals surface area contributed by atoms with Crippen molar-refractivity contribution in [1.82, 2.24) is 9.88 Å². The zero-order valence-electron chi connectivity index (χ0n) is 11.3. The lowest BCUT2D eigenvalue weighted by atomic mass is 10.1. The van der Waals surface area contributed by atoms with Crippen molar-refractivity contribution in [3.05, 3.63) is 47.1 Å². The van der Waals surface area contributed by atoms with E-state index in [2.05, 4.69) is 45.8 Å². The molecule has 1 aromatic carbocycles. The number of allylic oxidation sites excluding steroid dienone is 1. The van der Waals surface area contributed by atoms with E-state index in [1.165, 1.54) is 22.2 Å². The van der Waals surface area contributed by atoms with Gasteiger partial charge in [-0.05, 0) is 23.5 Å². The summed E-state index contributed by atoms with van der Waals surface area (Å²) in [5, 5.41) is 4.51. The van der Waals surface area contributed by atoms with Crippen molar-refractivity contribution in [3.8, 4) is 0 Å². The van der Waals surface area contributed by atoms with Crippen LogP contribution in [0.15, 0.2) is 46.6 Å². The fraction of sp³-hybridized carbons (Fsp3) is 0.267. The monoisotopic (exact) mass is 339 g/mol. The van der Waals surface area contributed by atoms with Crippen LogP contribution in [0, 0.1) is 0 Å². The molecule has 0 aliphatic carbocycles. The van der Waals surface area contributed by atoms with Gasteiger partial charge in [-0.3, -0.25) is 4.99 Å². The highest BCUT2D eigenvalue weighted by Gasteiger charge is 2.31. The van der Waals surface area contributed by atoms with Gasteiger partial charge < -0.3 is 9.88 Å². The highest BCUT2D eigenvalue weighted by molar-refractivity contribution is 8.16. The highest BCUT2D eigenvalue weighted by atomic mass is 35.5. The molecule has 3 heterocycles. The summed E-state index contributed by atoms with van der Waals surface area (Å²) in [6, 6.07) is 8.75. The smallest absolute Gasteiger partial charge is 0.168 e. The van der Waals surface area contributed by atoms with Crippen LogP contribution >= 0.6 is 35.8 Å². The second kappa shape index (κ2) is 5.95. The highest BCUT2D eigenvalue weighted by Crippen LogP contribution is 2.33. The Morgan fingerprint density at radius 1 is 1.38 bits per heavy atom. The Morgan fingerprint density at radius 3 is 3.10 bits per heavy atom. The molecule has 3 nitrogen and oxygen atoms in total. The van der Waals surface area contributed by atoms with E-state index in [4.69, 9.17) is 16.6 Å². The van der Waals surface area contributed by atoms with Crippen LogP contribution in [0.3, 0.4) is 0 Å². The van der Waals surface area contributed by atoms with Crippen LogP contribution in [0.1, 0.15) is 5.56 Å². The number of aliphatic imine (C=N–C) groups is 1. The van der Waals surface area contributed by atoms with Gasteiger partial charge in [0.05, 0.1) is 11.9 Å². The van der Waals surface area contributed by atoms with Crippen LogP contribution in [-0.4, -0.2) is 33.5 Å². The van der Waals surface area contributed by atoms with Crippen molar-refractivity contribution >= 4 is 51.8 Å². The number of hydrogen-bond donors (Lipinski definition) is 1. The van der Waals surface area contributed by atoms with Crippen molar-refractivity contribution in [2.24, 2.45) is 4.99 Å². The van der Waals surface area contributed by atoms with Crippen molar-refractivity contribution in [2.45, 2.75) is 12.5 Å². The van der Waals surface area contributed by atoms with Gasteiger partial charge in [0, 0.05) is 29.3 Å². The molecule has 0 saturated carbocycles. The maximum absolute atomic E-state index is 5.96. The van der Waals surface area contributed by atoms with E-state index < -0.39 is 0 Å². The van der Waals surface area contributed by atoms with Gasteiger partial charge in [0.2, 0.25) is 0 Å². The molecule has 0 amide bonds. The van der Waals surface area contributed by atoms with Crippen LogP contribution < -0.4 is 0 Å². The number of aromatic nitrogens is 1. The number of aromatic amines is 1. The molecule has 0 spiro atoms. The molecule has 21 heavy (non-hydrogen) atoms. The van der Waals surface area contributed by atoms with Crippen LogP contribution in [0.5, 0.6) is 0 Å². The first-order valence-corrected chi connectivity index (χ1v) is 8.08. The maximum Gasteiger partial charge on any atom is 0.168 e. The first-order valence-electron chi connectivity index (χ1n) is 6.67. The summed E-state index contributed by atoms with van der Waals surface area (Å²) in [5.74, 6) is 0.561. The summed E-state index contributed by atoms with van der Waals surface area (Å²) in [6.45, 7) is 0.945. The number of para-hydroxylation sites is 1. The summed E-state index contributed by atoms with van der Waals surface area (Å²) in [5.41, 5.74) is 3.72. The lowest BCUT2D eigenvalue weighted by molar-refractivity contribution is 0.512. The Balaban J connectivity index is 0.00000132. The largest absolute Gasteiger partial charge is 0.361 e. The number of alkyl halides is 1. The summed E-state index contributed by atoms with van der Waals surface area (Å²) in [6.07, 6.45) is 3.08. The third-order valence-corrected chi connectivity index (χ3v) is 5.03. The fourth-order valence-electron chi connectivity index (χ4n) is 2.84. The van der Waals surface area contributed by atoms with Gasteiger partial charge in [-0.2, -0.15) is 0 Å². The minimum atomic E-state index is 0. The first-order chi connectivity index (χ1) is 9.85. The van der Waals surface area contributed by atoms with Crippen molar-refractivity contribution in [2.75, 3.05) is 12.4 Å². The van der Waals surface area contributed by atoms with Gasteiger partial charge in [-0.25, -0.2) is 0 Å². The average molecular weight is 340 g/mol. The molecule has 0 bridgehead atoms. The van der Waals surface area contributed by atoms with E-state index in [0.29, 0.717) is 11.9 Å². The van der Waals surface area contributed by atoms with Crippen molar-refractivity contribution in [1.29, 1.82) is 0 Å². The number of rotatable bonds is 3. The number of nitrogens with zero attached hydrogens (tertiary/aromatic N) is 2. The average Bonchev–Trinajstić information content (AvgIpc) is 3.14. The second-order valence-electron chi connectivity index (χ2n) is 5.10. The molecule has 4 rings (SSSR count). The van der Waals surface area contributed by atoms with Crippen LogP contribution in [0.2, 0.25) is 0 Å². The predicted molar refractivity (Wildman–Crippen MR) is 93.6 cm³/mol. The molecule has 0 saturated heterocycles. The summed E-state index contributed by atoms with van der Waals surface area (Å²) >= 11 is 7.65. The van der Waals surface area contributed by atoms with E-state index in [1.807, 2.05) is 0 Å². The molecule has 2 aliphatic rings. The summed E-state index contributed by atoms with van der Waals surface area (Å²) < 4.78 is 0. The number of halogens is 2. The quantitative estimate of drug-likeness (QED) is 0.857. The molecule has 0 radical (unpaired) electrons. The van der Waals surface area contributed by atoms with Crippen LogP contribution in [-0.2, 0) is 6.42 Å². The van der Waals surface area contributed by atoms with E-state index in [1.54, 1.807) is 11.8 Å². The number of hydrogen-bond acceptors (Lipinski definition) is 3. The predicted octanol–water partition coefficient (Wildman–Crippen LogP) is 4.00. The zero-order chi connectivity index (χ0) is 13.5. The van der Waals surface area contributed by atoms with Gasteiger partial charge in [-0.15, -0.1) is 24.0 Å². The van der Waals surface area contributed by atoms with E-state index in [0.717, 1.165) is 18.1 Å². The third-order valence-electron chi connectivity index (χ3n) is 3.83. The summed E-state index contributed by atoms with van der Waals surface area (Å²) in [4.78, 5) is 10.4. The molecule has 2 aliphatic heterocycles.